The zero-order valence-corrected chi connectivity index (χ0v) is 20.2. The number of hydrogen-bond acceptors (Lipinski definition) is 8. The molecule has 4 aromatic carbocycles. The Morgan fingerprint density at radius 3 is 2.39 bits per heavy atom. The minimum absolute atomic E-state index is 0.0318. The number of aromatic hydroxyl groups is 1. The fourth-order valence-electron chi connectivity index (χ4n) is 4.37. The number of hydrogen-bond donors (Lipinski definition) is 2. The topological polar surface area (TPSA) is 93.8 Å². The van der Waals surface area contributed by atoms with Crippen LogP contribution in [-0.4, -0.2) is 11.1 Å². The van der Waals surface area contributed by atoms with E-state index in [1.165, 1.54) is 17.4 Å². The van der Waals surface area contributed by atoms with Crippen molar-refractivity contribution >= 4 is 72.0 Å². The average molecular weight is 513 g/mol. The van der Waals surface area contributed by atoms with Crippen molar-refractivity contribution in [1.29, 1.82) is 0 Å². The van der Waals surface area contributed by atoms with Crippen molar-refractivity contribution in [2.75, 3.05) is 0 Å². The van der Waals surface area contributed by atoms with Gasteiger partial charge in [0.25, 0.3) is 0 Å². The molecule has 1 N–H and O–H groups in total. The molecule has 0 atom stereocenters. The lowest BCUT2D eigenvalue weighted by Gasteiger charge is -2.12. The van der Waals surface area contributed by atoms with Crippen LogP contribution in [0.25, 0.3) is 42.1 Å². The van der Waals surface area contributed by atoms with Gasteiger partial charge < -0.3 is 14.3 Å². The molecule has 0 aliphatic heterocycles. The Labute approximate surface area is 212 Å². The van der Waals surface area contributed by atoms with E-state index in [-0.39, 0.29) is 55.6 Å². The van der Waals surface area contributed by atoms with E-state index in [0.717, 1.165) is 4.70 Å². The third-order valence-corrected chi connectivity index (χ3v) is 7.53. The van der Waals surface area contributed by atoms with Crippen LogP contribution in [0.4, 0.5) is 0 Å². The van der Waals surface area contributed by atoms with Gasteiger partial charge in [0.1, 0.15) is 22.3 Å². The maximum Gasteiger partial charge on any atom is 0.315 e. The molecule has 0 fully saturated rings. The number of phenolic OH excluding ortho intramolecular Hbond substituents is 1. The normalized spacial score (nSPS) is 11.5. The van der Waals surface area contributed by atoms with Crippen LogP contribution < -0.4 is 15.6 Å². The van der Waals surface area contributed by atoms with E-state index >= 15 is 0 Å². The Morgan fingerprint density at radius 2 is 1.56 bits per heavy atom. The van der Waals surface area contributed by atoms with E-state index in [9.17, 15) is 19.5 Å². The molecule has 176 valence electrons. The molecule has 2 aromatic heterocycles. The zero-order valence-electron chi connectivity index (χ0n) is 18.5. The second-order valence-corrected chi connectivity index (χ2v) is 9.79. The lowest BCUT2D eigenvalue weighted by atomic mass is 10.0. The summed E-state index contributed by atoms with van der Waals surface area (Å²) in [6, 6.07) is 20.3. The largest absolute Gasteiger partial charge is 0.508 e. The minimum Gasteiger partial charge on any atom is -0.508 e. The lowest BCUT2D eigenvalue weighted by molar-refractivity contribution is -0.133. The smallest absolute Gasteiger partial charge is 0.315 e. The minimum atomic E-state index is -0.759. The van der Waals surface area contributed by atoms with Gasteiger partial charge in [0, 0.05) is 30.6 Å². The molecule has 8 heteroatoms. The Bertz CT molecular complexity index is 1840. The highest BCUT2D eigenvalue weighted by Gasteiger charge is 2.21. The molecule has 6 rings (SSSR count). The molecule has 2 heterocycles. The summed E-state index contributed by atoms with van der Waals surface area (Å²) in [6.45, 7) is 0. The van der Waals surface area contributed by atoms with Gasteiger partial charge in [0.15, 0.2) is 11.2 Å². The van der Waals surface area contributed by atoms with E-state index in [1.807, 2.05) is 12.1 Å². The highest BCUT2D eigenvalue weighted by molar-refractivity contribution is 7.80. The van der Waals surface area contributed by atoms with Crippen molar-refractivity contribution in [3.8, 4) is 11.5 Å². The number of para-hydroxylation sites is 1. The van der Waals surface area contributed by atoms with E-state index in [1.54, 1.807) is 54.6 Å². The van der Waals surface area contributed by atoms with E-state index in [4.69, 9.17) is 9.15 Å². The van der Waals surface area contributed by atoms with Gasteiger partial charge in [-0.25, -0.2) is 0 Å². The molecule has 0 saturated heterocycles. The summed E-state index contributed by atoms with van der Waals surface area (Å²) in [7, 11) is 0. The predicted octanol–water partition coefficient (Wildman–Crippen LogP) is 5.82. The van der Waals surface area contributed by atoms with Crippen molar-refractivity contribution in [3.63, 3.8) is 0 Å². The number of carbonyl (C=O) groups is 1. The summed E-state index contributed by atoms with van der Waals surface area (Å²) in [5, 5.41) is 11.8. The maximum atomic E-state index is 13.3. The molecular formula is C28H16O6S2. The Morgan fingerprint density at radius 1 is 0.833 bits per heavy atom. The van der Waals surface area contributed by atoms with E-state index < -0.39 is 5.97 Å². The summed E-state index contributed by atoms with van der Waals surface area (Å²) in [5.74, 6) is -0.977. The van der Waals surface area contributed by atoms with Crippen LogP contribution in [0.5, 0.6) is 11.5 Å². The molecule has 0 unspecified atom stereocenters. The fourth-order valence-corrected chi connectivity index (χ4v) is 5.71. The monoisotopic (exact) mass is 512 g/mol. The summed E-state index contributed by atoms with van der Waals surface area (Å²) >= 11 is 5.79. The molecule has 6 nitrogen and oxygen atoms in total. The van der Waals surface area contributed by atoms with Crippen molar-refractivity contribution < 1.29 is 19.1 Å². The standard InChI is InChI=1S/C28H16O6S2/c29-17-9-12-22-24(27(32)15-6-2-4-8-21(15)36-22)16(17)13-23(30)34-28-20(35)11-10-19-25(28)26(31)14-5-1-3-7-18(14)33-19/h1-12,29,35H,13H2. The van der Waals surface area contributed by atoms with Crippen molar-refractivity contribution in [2.24, 2.45) is 0 Å². The fraction of sp³-hybridized carbons (Fsp3) is 0.0357. The molecule has 36 heavy (non-hydrogen) atoms. The number of ether oxygens (including phenoxy) is 1. The van der Waals surface area contributed by atoms with Crippen LogP contribution in [-0.2, 0) is 11.2 Å². The molecule has 0 saturated carbocycles. The second-order valence-electron chi connectivity index (χ2n) is 8.23. The first-order valence-electron chi connectivity index (χ1n) is 11.0. The third kappa shape index (κ3) is 3.54. The number of thiol groups is 1. The van der Waals surface area contributed by atoms with Gasteiger partial charge in [0.2, 0.25) is 5.43 Å². The van der Waals surface area contributed by atoms with Crippen molar-refractivity contribution in [3.05, 3.63) is 98.8 Å². The van der Waals surface area contributed by atoms with Crippen LogP contribution in [0.2, 0.25) is 0 Å². The summed E-state index contributed by atoms with van der Waals surface area (Å²) in [5.41, 5.74) is 0.209. The summed E-state index contributed by atoms with van der Waals surface area (Å²) in [4.78, 5) is 39.9. The summed E-state index contributed by atoms with van der Waals surface area (Å²) in [6.07, 6.45) is -0.383. The first kappa shape index (κ1) is 22.3. The molecule has 0 aliphatic carbocycles. The number of carbonyl (C=O) groups excluding carboxylic acids is 1. The average Bonchev–Trinajstić information content (AvgIpc) is 2.88. The zero-order chi connectivity index (χ0) is 25.0. The van der Waals surface area contributed by atoms with Crippen LogP contribution >= 0.6 is 24.0 Å². The van der Waals surface area contributed by atoms with Gasteiger partial charge in [-0.1, -0.05) is 24.3 Å². The van der Waals surface area contributed by atoms with Gasteiger partial charge in [0.05, 0.1) is 11.8 Å². The van der Waals surface area contributed by atoms with Crippen LogP contribution in [0.3, 0.4) is 0 Å². The van der Waals surface area contributed by atoms with Crippen molar-refractivity contribution in [2.45, 2.75) is 11.3 Å². The Balaban J connectivity index is 1.47. The quantitative estimate of drug-likeness (QED) is 0.134. The first-order valence-corrected chi connectivity index (χ1v) is 12.2. The molecule has 0 aliphatic rings. The number of rotatable bonds is 3. The number of benzene rings is 4. The van der Waals surface area contributed by atoms with Crippen LogP contribution in [0.15, 0.2) is 91.7 Å². The van der Waals surface area contributed by atoms with Crippen molar-refractivity contribution in [1.82, 2.24) is 0 Å². The van der Waals surface area contributed by atoms with Gasteiger partial charge in [-0.05, 0) is 48.5 Å². The van der Waals surface area contributed by atoms with Gasteiger partial charge >= 0.3 is 5.97 Å². The van der Waals surface area contributed by atoms with E-state index in [0.29, 0.717) is 21.1 Å². The Hall–Kier alpha value is -4.14. The summed E-state index contributed by atoms with van der Waals surface area (Å²) < 4.78 is 12.9. The molecule has 6 aromatic rings. The van der Waals surface area contributed by atoms with Gasteiger partial charge in [-0.15, -0.1) is 24.0 Å². The van der Waals surface area contributed by atoms with E-state index in [2.05, 4.69) is 12.6 Å². The second kappa shape index (κ2) is 8.51. The third-order valence-electron chi connectivity index (χ3n) is 6.04. The SMILES string of the molecule is O=C(Cc1c(O)ccc2sc3ccccc3c(=O)c12)Oc1c(S)ccc2oc3ccccc3c(=O)c12. The van der Waals surface area contributed by atoms with Gasteiger partial charge in [-0.3, -0.25) is 14.4 Å². The molecule has 0 bridgehead atoms. The highest BCUT2D eigenvalue weighted by atomic mass is 32.1. The number of esters is 1. The van der Waals surface area contributed by atoms with Crippen LogP contribution in [0, 0.1) is 0 Å². The highest BCUT2D eigenvalue weighted by Crippen LogP contribution is 2.34. The molecule has 0 spiro atoms. The Kier molecular flexibility index (Phi) is 5.28. The lowest BCUT2D eigenvalue weighted by Crippen LogP contribution is -2.16. The number of phenols is 1. The maximum absolute atomic E-state index is 13.3. The van der Waals surface area contributed by atoms with Crippen LogP contribution in [0.1, 0.15) is 5.56 Å². The first-order chi connectivity index (χ1) is 17.4. The van der Waals surface area contributed by atoms with Gasteiger partial charge in [-0.2, -0.15) is 0 Å². The molecular weight excluding hydrogens is 496 g/mol. The predicted molar refractivity (Wildman–Crippen MR) is 144 cm³/mol. The number of fused-ring (bicyclic) bond motifs is 4. The molecule has 0 amide bonds. The molecule has 0 radical (unpaired) electrons.